The van der Waals surface area contributed by atoms with Gasteiger partial charge in [-0.2, -0.15) is 5.10 Å². The molecule has 0 amide bonds. The van der Waals surface area contributed by atoms with Gasteiger partial charge >= 0.3 is 0 Å². The fraction of sp³-hybridized carbons (Fsp3) is 0.436. The van der Waals surface area contributed by atoms with Crippen LogP contribution in [0, 0.1) is 17.0 Å². The van der Waals surface area contributed by atoms with Crippen LogP contribution in [-0.4, -0.2) is 52.1 Å². The van der Waals surface area contributed by atoms with Gasteiger partial charge in [-0.25, -0.2) is 26.9 Å². The number of benzene rings is 3. The van der Waals surface area contributed by atoms with E-state index in [1.807, 2.05) is 45.9 Å². The first-order valence-corrected chi connectivity index (χ1v) is 19.2. The fourth-order valence-electron chi connectivity index (χ4n) is 7.53. The normalized spacial score (nSPS) is 23.3. The molecule has 0 radical (unpaired) electrons. The van der Waals surface area contributed by atoms with Crippen LogP contribution in [0.2, 0.25) is 0 Å². The molecule has 2 atom stereocenters. The molecular weight excluding hydrogens is 675 g/mol. The predicted molar refractivity (Wildman–Crippen MR) is 191 cm³/mol. The van der Waals surface area contributed by atoms with Gasteiger partial charge in [0.2, 0.25) is 0 Å². The zero-order chi connectivity index (χ0) is 36.3. The monoisotopic (exact) mass is 718 g/mol. The van der Waals surface area contributed by atoms with Gasteiger partial charge in [0, 0.05) is 35.8 Å². The zero-order valence-corrected chi connectivity index (χ0v) is 30.7. The number of ether oxygens (including phenoxy) is 3. The molecule has 0 saturated carbocycles. The highest BCUT2D eigenvalue weighted by Crippen LogP contribution is 2.42. The topological polar surface area (TPSA) is 108 Å². The number of hydrogen-bond donors (Lipinski definition) is 1. The molecule has 3 aromatic carbocycles. The minimum Gasteiger partial charge on any atom is -0.454 e. The molecule has 9 nitrogen and oxygen atoms in total. The third-order valence-corrected chi connectivity index (χ3v) is 12.3. The van der Waals surface area contributed by atoms with Gasteiger partial charge in [-0.1, -0.05) is 44.5 Å². The average molecular weight is 719 g/mol. The zero-order valence-electron chi connectivity index (χ0n) is 29.8. The number of nitrogens with one attached hydrogen (secondary N) is 1. The van der Waals surface area contributed by atoms with E-state index in [1.165, 1.54) is 24.3 Å². The SMILES string of the molecule is Cn1nc2nc1-c1cc(ccc1F)Oc1c(F)cc3[nH]ccc3c1CCS(=O)(=O)CC(C)(C)CCCC2(C)c1cccc(C2COC(C)(C)O2)c1. The number of nitrogens with zero attached hydrogens (tertiary/aromatic N) is 3. The van der Waals surface area contributed by atoms with Gasteiger partial charge < -0.3 is 19.2 Å². The Bertz CT molecular complexity index is 2230. The Morgan fingerprint density at radius 2 is 1.78 bits per heavy atom. The standard InChI is InChI=1S/C39H44F2N4O5S/c1-37(2)15-8-16-39(5,25-10-7-9-24(19-25)33-22-48-38(3,4)50-33)36-43-35(45(6)44-36)29-20-26(11-12-30(29)40)49-34-28(14-18-51(46,47)23-37)27-13-17-42-32(27)21-31(34)41/h7,9-13,17,19-21,33,42H,8,14-16,18,22-23H2,1-6H3. The number of rotatable bonds is 2. The number of aromatic amines is 1. The molecule has 51 heavy (non-hydrogen) atoms. The number of H-pyrrole nitrogens is 1. The number of aromatic nitrogens is 4. The van der Waals surface area contributed by atoms with Crippen molar-refractivity contribution >= 4 is 20.7 Å². The van der Waals surface area contributed by atoms with Crippen molar-refractivity contribution in [2.75, 3.05) is 18.1 Å². The summed E-state index contributed by atoms with van der Waals surface area (Å²) in [7, 11) is -1.86. The summed E-state index contributed by atoms with van der Waals surface area (Å²) in [5.41, 5.74) is 1.71. The molecule has 2 aliphatic heterocycles. The van der Waals surface area contributed by atoms with Crippen molar-refractivity contribution in [1.82, 2.24) is 19.7 Å². The second-order valence-corrected chi connectivity index (χ2v) is 17.6. The van der Waals surface area contributed by atoms with Crippen LogP contribution in [-0.2, 0) is 38.2 Å². The van der Waals surface area contributed by atoms with E-state index in [1.54, 1.807) is 24.0 Å². The third kappa shape index (κ3) is 7.05. The van der Waals surface area contributed by atoms with Crippen LogP contribution >= 0.6 is 0 Å². The smallest absolute Gasteiger partial charge is 0.168 e. The van der Waals surface area contributed by atoms with E-state index < -0.39 is 38.1 Å². The lowest BCUT2D eigenvalue weighted by Crippen LogP contribution is -2.29. The molecule has 4 heterocycles. The van der Waals surface area contributed by atoms with Crippen molar-refractivity contribution in [3.8, 4) is 22.9 Å². The Morgan fingerprint density at radius 3 is 2.55 bits per heavy atom. The van der Waals surface area contributed by atoms with Crippen LogP contribution in [0.25, 0.3) is 22.3 Å². The molecule has 7 rings (SSSR count). The summed E-state index contributed by atoms with van der Waals surface area (Å²) in [4.78, 5) is 7.98. The lowest BCUT2D eigenvalue weighted by molar-refractivity contribution is -0.139. The molecule has 1 saturated heterocycles. The first-order chi connectivity index (χ1) is 24.0. The lowest BCUT2D eigenvalue weighted by Gasteiger charge is -2.31. The minimum atomic E-state index is -3.57. The number of hydrogen-bond acceptors (Lipinski definition) is 7. The summed E-state index contributed by atoms with van der Waals surface area (Å²) < 4.78 is 78.5. The molecule has 1 N–H and O–H groups in total. The second-order valence-electron chi connectivity index (χ2n) is 15.4. The highest BCUT2D eigenvalue weighted by atomic mass is 32.2. The van der Waals surface area contributed by atoms with Crippen molar-refractivity contribution in [2.24, 2.45) is 12.5 Å². The molecular formula is C39H44F2N4O5S. The molecule has 2 unspecified atom stereocenters. The van der Waals surface area contributed by atoms with Gasteiger partial charge in [-0.05, 0) is 80.8 Å². The molecule has 270 valence electrons. The fourth-order valence-corrected chi connectivity index (χ4v) is 9.52. The summed E-state index contributed by atoms with van der Waals surface area (Å²) in [6, 6.07) is 15.4. The maximum absolute atomic E-state index is 15.7. The molecule has 2 aliphatic rings. The quantitative estimate of drug-likeness (QED) is 0.196. The van der Waals surface area contributed by atoms with Crippen molar-refractivity contribution < 1.29 is 31.4 Å². The van der Waals surface area contributed by atoms with Crippen LogP contribution in [0.5, 0.6) is 11.5 Å². The number of aryl methyl sites for hydroxylation is 2. The van der Waals surface area contributed by atoms with E-state index in [0.717, 1.165) is 11.1 Å². The predicted octanol–water partition coefficient (Wildman–Crippen LogP) is 8.33. The van der Waals surface area contributed by atoms with Crippen LogP contribution in [0.1, 0.15) is 82.5 Å². The lowest BCUT2D eigenvalue weighted by atomic mass is 9.75. The maximum atomic E-state index is 15.7. The van der Waals surface area contributed by atoms with E-state index >= 15 is 8.78 Å². The molecule has 2 aromatic heterocycles. The Labute approximate surface area is 297 Å². The summed E-state index contributed by atoms with van der Waals surface area (Å²) >= 11 is 0. The summed E-state index contributed by atoms with van der Waals surface area (Å²) in [6.45, 7) is 10.2. The van der Waals surface area contributed by atoms with Gasteiger partial charge in [-0.15, -0.1) is 0 Å². The maximum Gasteiger partial charge on any atom is 0.168 e. The van der Waals surface area contributed by atoms with E-state index in [9.17, 15) is 8.42 Å². The van der Waals surface area contributed by atoms with E-state index in [-0.39, 0.29) is 41.1 Å². The molecule has 1 fully saturated rings. The van der Waals surface area contributed by atoms with Crippen LogP contribution < -0.4 is 4.74 Å². The van der Waals surface area contributed by atoms with Gasteiger partial charge in [0.1, 0.15) is 17.7 Å². The Balaban J connectivity index is 1.36. The molecule has 12 heteroatoms. The first-order valence-electron chi connectivity index (χ1n) is 17.3. The highest BCUT2D eigenvalue weighted by molar-refractivity contribution is 7.91. The van der Waals surface area contributed by atoms with Crippen LogP contribution in [0.3, 0.4) is 0 Å². The van der Waals surface area contributed by atoms with Crippen molar-refractivity contribution in [3.05, 3.63) is 94.9 Å². The minimum absolute atomic E-state index is 0.0316. The Hall–Kier alpha value is -4.13. The van der Waals surface area contributed by atoms with Crippen molar-refractivity contribution in [3.63, 3.8) is 0 Å². The summed E-state index contributed by atoms with van der Waals surface area (Å²) in [5, 5.41) is 5.53. The van der Waals surface area contributed by atoms with E-state index in [4.69, 9.17) is 24.3 Å². The number of halogens is 2. The second kappa shape index (κ2) is 12.8. The average Bonchev–Trinajstić information content (AvgIpc) is 3.78. The van der Waals surface area contributed by atoms with Crippen LogP contribution in [0.15, 0.2) is 60.8 Å². The van der Waals surface area contributed by atoms with Crippen molar-refractivity contribution in [1.29, 1.82) is 0 Å². The highest BCUT2D eigenvalue weighted by Gasteiger charge is 2.38. The third-order valence-electron chi connectivity index (χ3n) is 10.2. The Kier molecular flexibility index (Phi) is 8.87. The largest absolute Gasteiger partial charge is 0.454 e. The van der Waals surface area contributed by atoms with E-state index in [2.05, 4.69) is 18.0 Å². The molecule has 5 aromatic rings. The van der Waals surface area contributed by atoms with Crippen molar-refractivity contribution in [2.45, 2.75) is 77.6 Å². The summed E-state index contributed by atoms with van der Waals surface area (Å²) in [5.74, 6) is -1.25. The first kappa shape index (κ1) is 35.3. The number of sulfone groups is 1. The van der Waals surface area contributed by atoms with Gasteiger partial charge in [0.05, 0.1) is 29.1 Å². The number of fused-ring (bicyclic) bond motifs is 8. The summed E-state index contributed by atoms with van der Waals surface area (Å²) in [6.07, 6.45) is 3.35. The van der Waals surface area contributed by atoms with Crippen LogP contribution in [0.4, 0.5) is 8.78 Å². The van der Waals surface area contributed by atoms with E-state index in [0.29, 0.717) is 54.0 Å². The molecule has 0 aliphatic carbocycles. The van der Waals surface area contributed by atoms with Gasteiger partial charge in [0.15, 0.2) is 38.8 Å². The van der Waals surface area contributed by atoms with Gasteiger partial charge in [0.25, 0.3) is 0 Å². The Morgan fingerprint density at radius 1 is 0.980 bits per heavy atom. The molecule has 0 spiro atoms. The van der Waals surface area contributed by atoms with Gasteiger partial charge in [-0.3, -0.25) is 0 Å². The molecule has 4 bridgehead atoms.